The Bertz CT molecular complexity index is 1040. The van der Waals surface area contributed by atoms with Crippen molar-refractivity contribution >= 4 is 5.97 Å². The molecule has 6 heteroatoms. The minimum absolute atomic E-state index is 0.256. The molecule has 1 heterocycles. The van der Waals surface area contributed by atoms with E-state index >= 15 is 0 Å². The van der Waals surface area contributed by atoms with Crippen LogP contribution in [0.3, 0.4) is 0 Å². The lowest BCUT2D eigenvalue weighted by atomic mass is 10.0. The molecule has 0 aliphatic heterocycles. The van der Waals surface area contributed by atoms with Crippen molar-refractivity contribution in [2.24, 2.45) is 0 Å². The number of carbonyl (C=O) groups excluding carboxylic acids is 1. The van der Waals surface area contributed by atoms with E-state index in [9.17, 15) is 10.1 Å². The van der Waals surface area contributed by atoms with Gasteiger partial charge in [0.25, 0.3) is 0 Å². The summed E-state index contributed by atoms with van der Waals surface area (Å²) in [5.41, 5.74) is 2.77. The fourth-order valence-electron chi connectivity index (χ4n) is 3.03. The maximum Gasteiger partial charge on any atom is 0.340 e. The molecule has 3 aromatic rings. The van der Waals surface area contributed by atoms with Gasteiger partial charge in [0.05, 0.1) is 23.4 Å². The Balaban J connectivity index is 1.84. The summed E-state index contributed by atoms with van der Waals surface area (Å²) in [4.78, 5) is 16.6. The first-order valence-electron chi connectivity index (χ1n) is 9.55. The second-order valence-corrected chi connectivity index (χ2v) is 6.39. The lowest BCUT2D eigenvalue weighted by Gasteiger charge is -2.17. The van der Waals surface area contributed by atoms with Crippen molar-refractivity contribution in [3.63, 3.8) is 0 Å². The summed E-state index contributed by atoms with van der Waals surface area (Å²) in [6, 6.07) is 20.3. The molecule has 0 aliphatic carbocycles. The smallest absolute Gasteiger partial charge is 0.340 e. The van der Waals surface area contributed by atoms with Gasteiger partial charge in [-0.1, -0.05) is 30.3 Å². The van der Waals surface area contributed by atoms with Crippen molar-refractivity contribution in [3.05, 3.63) is 83.6 Å². The van der Waals surface area contributed by atoms with Gasteiger partial charge in [0, 0.05) is 18.9 Å². The van der Waals surface area contributed by atoms with Crippen LogP contribution in [0.15, 0.2) is 66.9 Å². The number of benzene rings is 2. The maximum atomic E-state index is 12.2. The summed E-state index contributed by atoms with van der Waals surface area (Å²) in [5.74, 6) is -0.0157. The predicted octanol–water partition coefficient (Wildman–Crippen LogP) is 4.56. The molecule has 0 aliphatic rings. The van der Waals surface area contributed by atoms with Crippen LogP contribution in [0.1, 0.15) is 34.5 Å². The molecule has 0 spiro atoms. The van der Waals surface area contributed by atoms with E-state index < -0.39 is 5.97 Å². The Hall–Kier alpha value is -3.69. The van der Waals surface area contributed by atoms with Gasteiger partial charge in [-0.25, -0.2) is 4.79 Å². The molecule has 2 aromatic carbocycles. The molecule has 0 amide bonds. The highest BCUT2D eigenvalue weighted by Gasteiger charge is 2.17. The molecule has 6 nitrogen and oxygen atoms in total. The summed E-state index contributed by atoms with van der Waals surface area (Å²) in [6.07, 6.45) is 1.33. The van der Waals surface area contributed by atoms with Gasteiger partial charge in [-0.3, -0.25) is 4.98 Å². The van der Waals surface area contributed by atoms with Gasteiger partial charge in [-0.05, 0) is 42.8 Å². The number of methoxy groups -OCH3 is 1. The van der Waals surface area contributed by atoms with Crippen molar-refractivity contribution in [1.82, 2.24) is 4.98 Å². The molecule has 152 valence electrons. The van der Waals surface area contributed by atoms with Gasteiger partial charge in [-0.15, -0.1) is 0 Å². The molecule has 0 radical (unpaired) electrons. The van der Waals surface area contributed by atoms with Crippen LogP contribution in [-0.4, -0.2) is 31.3 Å². The van der Waals surface area contributed by atoms with Crippen LogP contribution in [0.4, 0.5) is 0 Å². The van der Waals surface area contributed by atoms with Gasteiger partial charge in [-0.2, -0.15) is 5.26 Å². The number of aromatic nitrogens is 1. The number of pyridine rings is 1. The molecular weight excluding hydrogens is 380 g/mol. The summed E-state index contributed by atoms with van der Waals surface area (Å²) in [7, 11) is 1.62. The van der Waals surface area contributed by atoms with E-state index in [1.165, 1.54) is 0 Å². The standard InChI is InChI=1S/C24H22N2O4/c1-3-29-24(27)20-10-7-13-26-23(20)18-11-12-21(19(14-18)15-25)30-16-22(28-2)17-8-5-4-6-9-17/h4-14,22H,3,16H2,1-2H3. The summed E-state index contributed by atoms with van der Waals surface area (Å²) >= 11 is 0. The molecule has 1 aromatic heterocycles. The molecule has 1 unspecified atom stereocenters. The Kier molecular flexibility index (Phi) is 7.14. The van der Waals surface area contributed by atoms with Crippen molar-refractivity contribution in [3.8, 4) is 23.1 Å². The fraction of sp³-hybridized carbons (Fsp3) is 0.208. The zero-order valence-corrected chi connectivity index (χ0v) is 16.9. The lowest BCUT2D eigenvalue weighted by Crippen LogP contribution is -2.13. The highest BCUT2D eigenvalue weighted by molar-refractivity contribution is 5.96. The second-order valence-electron chi connectivity index (χ2n) is 6.39. The SMILES string of the molecule is CCOC(=O)c1cccnc1-c1ccc(OCC(OC)c2ccccc2)c(C#N)c1. The van der Waals surface area contributed by atoms with Crippen LogP contribution >= 0.6 is 0 Å². The monoisotopic (exact) mass is 402 g/mol. The van der Waals surface area contributed by atoms with Crippen LogP contribution in [0.25, 0.3) is 11.3 Å². The van der Waals surface area contributed by atoms with E-state index in [0.717, 1.165) is 5.56 Å². The van der Waals surface area contributed by atoms with Gasteiger partial charge >= 0.3 is 5.97 Å². The quantitative estimate of drug-likeness (QED) is 0.514. The molecule has 0 saturated heterocycles. The highest BCUT2D eigenvalue weighted by Crippen LogP contribution is 2.29. The Morgan fingerprint density at radius 2 is 1.93 bits per heavy atom. The van der Waals surface area contributed by atoms with Crippen LogP contribution in [0, 0.1) is 11.3 Å². The van der Waals surface area contributed by atoms with Gasteiger partial charge in [0.1, 0.15) is 24.5 Å². The van der Waals surface area contributed by atoms with E-state index in [4.69, 9.17) is 14.2 Å². The number of hydrogen-bond acceptors (Lipinski definition) is 6. The number of hydrogen-bond donors (Lipinski definition) is 0. The number of rotatable bonds is 8. The molecule has 3 rings (SSSR count). The van der Waals surface area contributed by atoms with E-state index in [2.05, 4.69) is 11.1 Å². The molecule has 0 saturated carbocycles. The third-order valence-corrected chi connectivity index (χ3v) is 4.52. The number of carbonyl (C=O) groups is 1. The first kappa shape index (κ1) is 21.0. The molecule has 0 bridgehead atoms. The molecule has 1 atom stereocenters. The average molecular weight is 402 g/mol. The molecular formula is C24H22N2O4. The fourth-order valence-corrected chi connectivity index (χ4v) is 3.03. The highest BCUT2D eigenvalue weighted by atomic mass is 16.5. The van der Waals surface area contributed by atoms with E-state index in [1.54, 1.807) is 50.6 Å². The van der Waals surface area contributed by atoms with Crippen molar-refractivity contribution < 1.29 is 19.0 Å². The number of esters is 1. The van der Waals surface area contributed by atoms with E-state index in [1.807, 2.05) is 30.3 Å². The molecule has 30 heavy (non-hydrogen) atoms. The van der Waals surface area contributed by atoms with Crippen LogP contribution in [0.5, 0.6) is 5.75 Å². The molecule has 0 fully saturated rings. The predicted molar refractivity (Wildman–Crippen MR) is 112 cm³/mol. The van der Waals surface area contributed by atoms with E-state index in [0.29, 0.717) is 28.1 Å². The number of nitrogens with zero attached hydrogens (tertiary/aromatic N) is 2. The zero-order valence-electron chi connectivity index (χ0n) is 16.9. The third-order valence-electron chi connectivity index (χ3n) is 4.52. The minimum atomic E-state index is -0.453. The summed E-state index contributed by atoms with van der Waals surface area (Å²) < 4.78 is 16.5. The number of nitriles is 1. The summed E-state index contributed by atoms with van der Waals surface area (Å²) in [6.45, 7) is 2.27. The third kappa shape index (κ3) is 4.83. The first-order chi connectivity index (χ1) is 14.7. The zero-order chi connectivity index (χ0) is 21.3. The minimum Gasteiger partial charge on any atom is -0.489 e. The normalized spacial score (nSPS) is 11.4. The lowest BCUT2D eigenvalue weighted by molar-refractivity contribution is 0.0527. The van der Waals surface area contributed by atoms with Crippen molar-refractivity contribution in [2.45, 2.75) is 13.0 Å². The number of ether oxygens (including phenoxy) is 3. The Morgan fingerprint density at radius 3 is 2.63 bits per heavy atom. The Morgan fingerprint density at radius 1 is 1.13 bits per heavy atom. The van der Waals surface area contributed by atoms with Crippen LogP contribution in [0.2, 0.25) is 0 Å². The Labute approximate surface area is 175 Å². The van der Waals surface area contributed by atoms with Gasteiger partial charge in [0.2, 0.25) is 0 Å². The first-order valence-corrected chi connectivity index (χ1v) is 9.55. The van der Waals surface area contributed by atoms with E-state index in [-0.39, 0.29) is 19.3 Å². The van der Waals surface area contributed by atoms with Crippen molar-refractivity contribution in [2.75, 3.05) is 20.3 Å². The topological polar surface area (TPSA) is 81.4 Å². The maximum absolute atomic E-state index is 12.2. The summed E-state index contributed by atoms with van der Waals surface area (Å²) in [5, 5.41) is 9.62. The van der Waals surface area contributed by atoms with Crippen LogP contribution < -0.4 is 4.74 Å². The second kappa shape index (κ2) is 10.2. The van der Waals surface area contributed by atoms with Gasteiger partial charge in [0.15, 0.2) is 0 Å². The largest absolute Gasteiger partial charge is 0.489 e. The van der Waals surface area contributed by atoms with Crippen molar-refractivity contribution in [1.29, 1.82) is 5.26 Å². The van der Waals surface area contributed by atoms with Gasteiger partial charge < -0.3 is 14.2 Å². The van der Waals surface area contributed by atoms with Crippen LogP contribution in [-0.2, 0) is 9.47 Å². The molecule has 0 N–H and O–H groups in total. The average Bonchev–Trinajstić information content (AvgIpc) is 2.80.